The first kappa shape index (κ1) is 10.8. The molecule has 0 bridgehead atoms. The lowest BCUT2D eigenvalue weighted by atomic mass is 10.2. The number of phenols is 1. The Morgan fingerprint density at radius 2 is 2.21 bits per heavy atom. The minimum Gasteiger partial charge on any atom is -0.504 e. The van der Waals surface area contributed by atoms with Crippen LogP contribution in [0.15, 0.2) is 22.7 Å². The number of carbonyl (C=O) groups is 1. The maximum atomic E-state index is 10.1. The number of ether oxygens (including phenoxy) is 1. The van der Waals surface area contributed by atoms with Crippen LogP contribution in [0.5, 0.6) is 11.5 Å². The van der Waals surface area contributed by atoms with Crippen molar-refractivity contribution >= 4 is 28.3 Å². The van der Waals surface area contributed by atoms with Crippen molar-refractivity contribution in [2.75, 3.05) is 7.11 Å². The predicted octanol–water partition coefficient (Wildman–Crippen LogP) is 2.38. The van der Waals surface area contributed by atoms with Gasteiger partial charge >= 0.3 is 0 Å². The molecule has 3 nitrogen and oxygen atoms in total. The van der Waals surface area contributed by atoms with E-state index in [9.17, 15) is 9.90 Å². The van der Waals surface area contributed by atoms with E-state index in [1.807, 2.05) is 0 Å². The van der Waals surface area contributed by atoms with Crippen LogP contribution in [-0.4, -0.2) is 18.5 Å². The summed E-state index contributed by atoms with van der Waals surface area (Å²) >= 11 is 3.26. The molecule has 1 N–H and O–H groups in total. The molecule has 0 saturated heterocycles. The number of methoxy groups -OCH3 is 1. The van der Waals surface area contributed by atoms with Crippen LogP contribution in [0.25, 0.3) is 6.08 Å². The van der Waals surface area contributed by atoms with Crippen LogP contribution in [0.4, 0.5) is 0 Å². The number of aromatic hydroxyl groups is 1. The van der Waals surface area contributed by atoms with Gasteiger partial charge < -0.3 is 9.84 Å². The molecule has 14 heavy (non-hydrogen) atoms. The van der Waals surface area contributed by atoms with Crippen molar-refractivity contribution in [1.29, 1.82) is 0 Å². The largest absolute Gasteiger partial charge is 0.504 e. The summed E-state index contributed by atoms with van der Waals surface area (Å²) in [5.41, 5.74) is 0.770. The van der Waals surface area contributed by atoms with Crippen molar-refractivity contribution in [3.63, 3.8) is 0 Å². The maximum absolute atomic E-state index is 10.1. The van der Waals surface area contributed by atoms with Gasteiger partial charge in [-0.15, -0.1) is 0 Å². The first-order valence-electron chi connectivity index (χ1n) is 3.87. The molecule has 1 rings (SSSR count). The smallest absolute Gasteiger partial charge is 0.161 e. The second-order valence-corrected chi connectivity index (χ2v) is 3.40. The first-order valence-corrected chi connectivity index (χ1v) is 4.66. The molecule has 0 aliphatic heterocycles. The van der Waals surface area contributed by atoms with Gasteiger partial charge in [0.05, 0.1) is 7.11 Å². The van der Waals surface area contributed by atoms with Gasteiger partial charge in [-0.05, 0) is 23.8 Å². The van der Waals surface area contributed by atoms with Crippen LogP contribution >= 0.6 is 15.9 Å². The summed E-state index contributed by atoms with van der Waals surface area (Å²) in [4.78, 5) is 10.1. The molecule has 0 saturated carbocycles. The minimum atomic E-state index is 0.0580. The highest BCUT2D eigenvalue weighted by molar-refractivity contribution is 9.10. The topological polar surface area (TPSA) is 46.5 Å². The van der Waals surface area contributed by atoms with E-state index >= 15 is 0 Å². The number of aldehydes is 1. The lowest BCUT2D eigenvalue weighted by Crippen LogP contribution is -1.85. The summed E-state index contributed by atoms with van der Waals surface area (Å²) in [7, 11) is 1.47. The third-order valence-electron chi connectivity index (χ3n) is 1.65. The molecule has 0 heterocycles. The summed E-state index contributed by atoms with van der Waals surface area (Å²) in [6.07, 6.45) is 3.68. The highest BCUT2D eigenvalue weighted by Crippen LogP contribution is 2.32. The number of allylic oxidation sites excluding steroid dienone is 1. The summed E-state index contributed by atoms with van der Waals surface area (Å²) in [5.74, 6) is 0.432. The lowest BCUT2D eigenvalue weighted by molar-refractivity contribution is -0.104. The van der Waals surface area contributed by atoms with Crippen LogP contribution in [0.3, 0.4) is 0 Å². The summed E-state index contributed by atoms with van der Waals surface area (Å²) in [6.45, 7) is 0. The molecule has 0 fully saturated rings. The number of hydrogen-bond acceptors (Lipinski definition) is 3. The SMILES string of the molecule is COc1cc(C=CC=O)c(Br)cc1O. The van der Waals surface area contributed by atoms with E-state index < -0.39 is 0 Å². The molecule has 0 spiro atoms. The summed E-state index contributed by atoms with van der Waals surface area (Å²) in [5, 5.41) is 9.39. The van der Waals surface area contributed by atoms with Gasteiger partial charge in [-0.3, -0.25) is 4.79 Å². The molecule has 4 heteroatoms. The molecule has 1 aromatic carbocycles. The van der Waals surface area contributed by atoms with Crippen molar-refractivity contribution < 1.29 is 14.6 Å². The number of hydrogen-bond donors (Lipinski definition) is 1. The Balaban J connectivity index is 3.16. The van der Waals surface area contributed by atoms with Gasteiger partial charge in [-0.2, -0.15) is 0 Å². The standard InChI is InChI=1S/C10H9BrO3/c1-14-10-5-7(3-2-4-12)8(11)6-9(10)13/h2-6,13H,1H3. The molecular formula is C10H9BrO3. The van der Waals surface area contributed by atoms with E-state index in [1.54, 1.807) is 12.1 Å². The van der Waals surface area contributed by atoms with E-state index in [0.29, 0.717) is 16.5 Å². The van der Waals surface area contributed by atoms with Crippen LogP contribution in [0.1, 0.15) is 5.56 Å². The number of benzene rings is 1. The van der Waals surface area contributed by atoms with Crippen molar-refractivity contribution in [3.05, 3.63) is 28.2 Å². The molecule has 0 aliphatic carbocycles. The van der Waals surface area contributed by atoms with Gasteiger partial charge in [0.15, 0.2) is 11.5 Å². The Morgan fingerprint density at radius 1 is 1.50 bits per heavy atom. The normalized spacial score (nSPS) is 10.4. The minimum absolute atomic E-state index is 0.0580. The molecule has 0 radical (unpaired) electrons. The van der Waals surface area contributed by atoms with E-state index in [1.165, 1.54) is 19.3 Å². The number of rotatable bonds is 3. The van der Waals surface area contributed by atoms with Crippen molar-refractivity contribution in [2.24, 2.45) is 0 Å². The molecular weight excluding hydrogens is 248 g/mol. The second-order valence-electron chi connectivity index (χ2n) is 2.54. The third kappa shape index (κ3) is 2.35. The Bertz CT molecular complexity index is 372. The predicted molar refractivity (Wildman–Crippen MR) is 57.5 cm³/mol. The highest BCUT2D eigenvalue weighted by Gasteiger charge is 2.05. The van der Waals surface area contributed by atoms with Gasteiger partial charge in [0, 0.05) is 4.47 Å². The average molecular weight is 257 g/mol. The van der Waals surface area contributed by atoms with Crippen molar-refractivity contribution in [1.82, 2.24) is 0 Å². The van der Waals surface area contributed by atoms with E-state index in [-0.39, 0.29) is 5.75 Å². The molecule has 0 atom stereocenters. The lowest BCUT2D eigenvalue weighted by Gasteiger charge is -2.05. The first-order chi connectivity index (χ1) is 6.69. The highest BCUT2D eigenvalue weighted by atomic mass is 79.9. The Morgan fingerprint density at radius 3 is 2.79 bits per heavy atom. The van der Waals surface area contributed by atoms with Crippen LogP contribution in [0.2, 0.25) is 0 Å². The number of halogens is 1. The molecule has 0 unspecified atom stereocenters. The number of carbonyl (C=O) groups excluding carboxylic acids is 1. The van der Waals surface area contributed by atoms with Crippen LogP contribution in [0, 0.1) is 0 Å². The fourth-order valence-electron chi connectivity index (χ4n) is 0.993. The summed E-state index contributed by atoms with van der Waals surface area (Å²) < 4.78 is 5.63. The maximum Gasteiger partial charge on any atom is 0.161 e. The van der Waals surface area contributed by atoms with Gasteiger partial charge in [0.2, 0.25) is 0 Å². The fourth-order valence-corrected chi connectivity index (χ4v) is 1.46. The van der Waals surface area contributed by atoms with E-state index in [0.717, 1.165) is 5.56 Å². The molecule has 1 aromatic rings. The zero-order valence-corrected chi connectivity index (χ0v) is 9.11. The fraction of sp³-hybridized carbons (Fsp3) is 0.100. The zero-order chi connectivity index (χ0) is 10.6. The quantitative estimate of drug-likeness (QED) is 0.668. The molecule has 0 amide bonds. The summed E-state index contributed by atoms with van der Waals surface area (Å²) in [6, 6.07) is 3.16. The van der Waals surface area contributed by atoms with Gasteiger partial charge in [0.25, 0.3) is 0 Å². The van der Waals surface area contributed by atoms with E-state index in [2.05, 4.69) is 15.9 Å². The Labute approximate surface area is 90.1 Å². The Kier molecular flexibility index (Phi) is 3.71. The molecule has 0 aliphatic rings. The van der Waals surface area contributed by atoms with Gasteiger partial charge in [-0.25, -0.2) is 0 Å². The van der Waals surface area contributed by atoms with Crippen LogP contribution in [-0.2, 0) is 4.79 Å². The third-order valence-corrected chi connectivity index (χ3v) is 2.34. The van der Waals surface area contributed by atoms with E-state index in [4.69, 9.17) is 4.74 Å². The van der Waals surface area contributed by atoms with Crippen LogP contribution < -0.4 is 4.74 Å². The molecule has 0 aromatic heterocycles. The monoisotopic (exact) mass is 256 g/mol. The Hall–Kier alpha value is -1.29. The second kappa shape index (κ2) is 4.81. The number of phenolic OH excluding ortho intramolecular Hbond substituents is 1. The zero-order valence-electron chi connectivity index (χ0n) is 7.53. The molecule has 74 valence electrons. The van der Waals surface area contributed by atoms with Crippen molar-refractivity contribution in [3.8, 4) is 11.5 Å². The van der Waals surface area contributed by atoms with Gasteiger partial charge in [-0.1, -0.05) is 22.0 Å². The van der Waals surface area contributed by atoms with Gasteiger partial charge in [0.1, 0.15) is 6.29 Å². The van der Waals surface area contributed by atoms with Crippen molar-refractivity contribution in [2.45, 2.75) is 0 Å². The average Bonchev–Trinajstić information content (AvgIpc) is 2.17.